The first kappa shape index (κ1) is 10.6. The van der Waals surface area contributed by atoms with Crippen molar-refractivity contribution in [1.82, 2.24) is 0 Å². The monoisotopic (exact) mass is 242 g/mol. The maximum Gasteiger partial charge on any atom is 0.134 e. The molecule has 0 bridgehead atoms. The summed E-state index contributed by atoms with van der Waals surface area (Å²) in [5.74, 6) is 0.939. The minimum absolute atomic E-state index is 0.225. The molecule has 0 spiro atoms. The van der Waals surface area contributed by atoms with E-state index in [1.54, 1.807) is 0 Å². The van der Waals surface area contributed by atoms with Crippen molar-refractivity contribution in [3.63, 3.8) is 0 Å². The molecular weight excluding hydrogens is 228 g/mol. The molecule has 0 saturated heterocycles. The van der Waals surface area contributed by atoms with Gasteiger partial charge in [-0.2, -0.15) is 0 Å². The molecule has 0 fully saturated rings. The van der Waals surface area contributed by atoms with Gasteiger partial charge in [0.15, 0.2) is 0 Å². The second kappa shape index (κ2) is 4.66. The Bertz CT molecular complexity index is 281. The van der Waals surface area contributed by atoms with Gasteiger partial charge >= 0.3 is 0 Å². The van der Waals surface area contributed by atoms with Crippen LogP contribution in [0.2, 0.25) is 0 Å². The van der Waals surface area contributed by atoms with E-state index in [-0.39, 0.29) is 6.10 Å². The summed E-state index contributed by atoms with van der Waals surface area (Å²) in [4.78, 5) is 0. The van der Waals surface area contributed by atoms with Crippen molar-refractivity contribution in [2.24, 2.45) is 0 Å². The summed E-state index contributed by atoms with van der Waals surface area (Å²) >= 11 is 3.46. The van der Waals surface area contributed by atoms with Gasteiger partial charge in [0.1, 0.15) is 5.75 Å². The minimum Gasteiger partial charge on any atom is -0.490 e. The fourth-order valence-corrected chi connectivity index (χ4v) is 1.45. The number of ether oxygens (including phenoxy) is 1. The van der Waals surface area contributed by atoms with Crippen LogP contribution in [0.1, 0.15) is 26.3 Å². The lowest BCUT2D eigenvalue weighted by molar-refractivity contribution is 0.240. The van der Waals surface area contributed by atoms with Gasteiger partial charge in [-0.25, -0.2) is 0 Å². The molecule has 1 aromatic carbocycles. The van der Waals surface area contributed by atoms with Gasteiger partial charge in [0.2, 0.25) is 0 Å². The van der Waals surface area contributed by atoms with E-state index in [2.05, 4.69) is 35.0 Å². The maximum atomic E-state index is 5.64. The van der Waals surface area contributed by atoms with Crippen LogP contribution in [0, 0.1) is 0 Å². The van der Waals surface area contributed by atoms with Gasteiger partial charge in [-0.1, -0.05) is 13.0 Å². The molecule has 1 aromatic rings. The maximum absolute atomic E-state index is 5.64. The zero-order valence-corrected chi connectivity index (χ0v) is 9.89. The standard InChI is InChI=1S/C11H15BrO/c1-4-9-5-6-10(12)11(7-9)13-8(2)3/h5-8H,4H2,1-3H3. The van der Waals surface area contributed by atoms with Crippen molar-refractivity contribution in [1.29, 1.82) is 0 Å². The molecule has 0 heterocycles. The summed E-state index contributed by atoms with van der Waals surface area (Å²) in [5.41, 5.74) is 1.30. The summed E-state index contributed by atoms with van der Waals surface area (Å²) in [6, 6.07) is 6.23. The first-order chi connectivity index (χ1) is 6.13. The Morgan fingerprint density at radius 3 is 2.62 bits per heavy atom. The van der Waals surface area contributed by atoms with Crippen LogP contribution in [-0.4, -0.2) is 6.10 Å². The van der Waals surface area contributed by atoms with Gasteiger partial charge in [0.05, 0.1) is 10.6 Å². The van der Waals surface area contributed by atoms with E-state index in [0.29, 0.717) is 0 Å². The average molecular weight is 243 g/mol. The van der Waals surface area contributed by atoms with E-state index < -0.39 is 0 Å². The number of aryl methyl sites for hydroxylation is 1. The quantitative estimate of drug-likeness (QED) is 0.784. The van der Waals surface area contributed by atoms with E-state index in [1.165, 1.54) is 5.56 Å². The highest BCUT2D eigenvalue weighted by molar-refractivity contribution is 9.10. The fraction of sp³-hybridized carbons (Fsp3) is 0.455. The minimum atomic E-state index is 0.225. The largest absolute Gasteiger partial charge is 0.490 e. The number of rotatable bonds is 3. The predicted molar refractivity (Wildman–Crippen MR) is 59.3 cm³/mol. The molecule has 13 heavy (non-hydrogen) atoms. The molecule has 0 atom stereocenters. The Labute approximate surface area is 88.2 Å². The van der Waals surface area contributed by atoms with Crippen LogP contribution in [0.25, 0.3) is 0 Å². The number of hydrogen-bond donors (Lipinski definition) is 0. The fourth-order valence-electron chi connectivity index (χ4n) is 1.11. The van der Waals surface area contributed by atoms with E-state index >= 15 is 0 Å². The second-order valence-electron chi connectivity index (χ2n) is 3.28. The molecule has 0 saturated carbocycles. The second-order valence-corrected chi connectivity index (χ2v) is 4.14. The molecule has 0 aromatic heterocycles. The van der Waals surface area contributed by atoms with Crippen LogP contribution < -0.4 is 4.74 Å². The third-order valence-corrected chi connectivity index (χ3v) is 2.42. The SMILES string of the molecule is CCc1ccc(Br)c(OC(C)C)c1. The van der Waals surface area contributed by atoms with Crippen molar-refractivity contribution in [3.05, 3.63) is 28.2 Å². The van der Waals surface area contributed by atoms with E-state index in [1.807, 2.05) is 19.9 Å². The number of halogens is 1. The third-order valence-electron chi connectivity index (χ3n) is 1.77. The van der Waals surface area contributed by atoms with Crippen LogP contribution >= 0.6 is 15.9 Å². The molecule has 0 radical (unpaired) electrons. The Hall–Kier alpha value is -0.500. The zero-order chi connectivity index (χ0) is 9.84. The van der Waals surface area contributed by atoms with Crippen LogP contribution in [0.4, 0.5) is 0 Å². The third kappa shape index (κ3) is 3.03. The van der Waals surface area contributed by atoms with Gasteiger partial charge in [-0.05, 0) is 53.9 Å². The highest BCUT2D eigenvalue weighted by Crippen LogP contribution is 2.27. The lowest BCUT2D eigenvalue weighted by Crippen LogP contribution is -2.06. The molecule has 1 rings (SSSR count). The van der Waals surface area contributed by atoms with Gasteiger partial charge in [-0.15, -0.1) is 0 Å². The van der Waals surface area contributed by atoms with E-state index in [0.717, 1.165) is 16.6 Å². The summed E-state index contributed by atoms with van der Waals surface area (Å²) in [6.07, 6.45) is 1.27. The molecule has 0 aliphatic heterocycles. The van der Waals surface area contributed by atoms with Gasteiger partial charge in [0, 0.05) is 0 Å². The number of benzene rings is 1. The van der Waals surface area contributed by atoms with Crippen LogP contribution in [-0.2, 0) is 6.42 Å². The van der Waals surface area contributed by atoms with Crippen molar-refractivity contribution < 1.29 is 4.74 Å². The van der Waals surface area contributed by atoms with E-state index in [9.17, 15) is 0 Å². The molecular formula is C11H15BrO. The van der Waals surface area contributed by atoms with E-state index in [4.69, 9.17) is 4.74 Å². The lowest BCUT2D eigenvalue weighted by Gasteiger charge is -2.12. The molecule has 0 aliphatic carbocycles. The molecule has 2 heteroatoms. The first-order valence-electron chi connectivity index (χ1n) is 4.58. The zero-order valence-electron chi connectivity index (χ0n) is 8.30. The van der Waals surface area contributed by atoms with Gasteiger partial charge in [-0.3, -0.25) is 0 Å². The Balaban J connectivity index is 2.90. The highest BCUT2D eigenvalue weighted by atomic mass is 79.9. The Morgan fingerprint density at radius 1 is 1.38 bits per heavy atom. The van der Waals surface area contributed by atoms with Crippen molar-refractivity contribution in [3.8, 4) is 5.75 Å². The normalized spacial score (nSPS) is 10.5. The van der Waals surface area contributed by atoms with Gasteiger partial charge < -0.3 is 4.74 Å². The number of hydrogen-bond acceptors (Lipinski definition) is 1. The summed E-state index contributed by atoms with van der Waals surface area (Å²) in [5, 5.41) is 0. The van der Waals surface area contributed by atoms with Crippen LogP contribution in [0.3, 0.4) is 0 Å². The van der Waals surface area contributed by atoms with Crippen LogP contribution in [0.15, 0.2) is 22.7 Å². The topological polar surface area (TPSA) is 9.23 Å². The lowest BCUT2D eigenvalue weighted by atomic mass is 10.2. The molecule has 72 valence electrons. The average Bonchev–Trinajstić information content (AvgIpc) is 2.08. The van der Waals surface area contributed by atoms with Crippen molar-refractivity contribution >= 4 is 15.9 Å². The highest BCUT2D eigenvalue weighted by Gasteiger charge is 2.03. The Morgan fingerprint density at radius 2 is 2.08 bits per heavy atom. The molecule has 1 nitrogen and oxygen atoms in total. The van der Waals surface area contributed by atoms with Crippen molar-refractivity contribution in [2.45, 2.75) is 33.3 Å². The van der Waals surface area contributed by atoms with Gasteiger partial charge in [0.25, 0.3) is 0 Å². The predicted octanol–water partition coefficient (Wildman–Crippen LogP) is 3.80. The van der Waals surface area contributed by atoms with Crippen molar-refractivity contribution in [2.75, 3.05) is 0 Å². The summed E-state index contributed by atoms with van der Waals surface area (Å²) < 4.78 is 6.67. The molecule has 0 unspecified atom stereocenters. The first-order valence-corrected chi connectivity index (χ1v) is 5.38. The summed E-state index contributed by atoms with van der Waals surface area (Å²) in [6.45, 7) is 6.21. The molecule has 0 N–H and O–H groups in total. The summed E-state index contributed by atoms with van der Waals surface area (Å²) in [7, 11) is 0. The Kier molecular flexibility index (Phi) is 3.79. The molecule has 0 amide bonds. The van der Waals surface area contributed by atoms with Crippen LogP contribution in [0.5, 0.6) is 5.75 Å². The smallest absolute Gasteiger partial charge is 0.134 e. The molecule has 0 aliphatic rings.